The Balaban J connectivity index is 1.84. The standard InChI is InChI=1S/C12H16N4O3/c17-11(18)9-3-2-6-16(8-9)12(19)13-7-10-4-1-5-14-15-10/h1,4-5,9H,2-3,6-8H2,(H,13,19)(H,17,18)/t9-/m0/s1. The molecule has 2 N–H and O–H groups in total. The summed E-state index contributed by atoms with van der Waals surface area (Å²) in [5, 5.41) is 19.3. The zero-order chi connectivity index (χ0) is 13.7. The highest BCUT2D eigenvalue weighted by Crippen LogP contribution is 2.16. The van der Waals surface area contributed by atoms with Gasteiger partial charge in [-0.15, -0.1) is 0 Å². The highest BCUT2D eigenvalue weighted by Gasteiger charge is 2.27. The molecule has 2 amide bonds. The summed E-state index contributed by atoms with van der Waals surface area (Å²) in [5.74, 6) is -1.30. The van der Waals surface area contributed by atoms with E-state index in [0.717, 1.165) is 6.42 Å². The number of carbonyl (C=O) groups excluding carboxylic acids is 1. The number of hydrogen-bond acceptors (Lipinski definition) is 4. The molecule has 1 aromatic rings. The Kier molecular flexibility index (Phi) is 4.27. The van der Waals surface area contributed by atoms with E-state index in [1.165, 1.54) is 0 Å². The Morgan fingerprint density at radius 2 is 2.37 bits per heavy atom. The molecule has 19 heavy (non-hydrogen) atoms. The summed E-state index contributed by atoms with van der Waals surface area (Å²) in [5.41, 5.74) is 0.669. The summed E-state index contributed by atoms with van der Waals surface area (Å²) in [7, 11) is 0. The maximum absolute atomic E-state index is 11.9. The van der Waals surface area contributed by atoms with E-state index in [2.05, 4.69) is 15.5 Å². The first-order chi connectivity index (χ1) is 9.16. The van der Waals surface area contributed by atoms with E-state index in [4.69, 9.17) is 5.11 Å². The predicted octanol–water partition coefficient (Wildman–Crippen LogP) is 0.483. The molecule has 0 aromatic carbocycles. The molecule has 0 spiro atoms. The van der Waals surface area contributed by atoms with Crippen molar-refractivity contribution in [2.75, 3.05) is 13.1 Å². The Morgan fingerprint density at radius 3 is 3.05 bits per heavy atom. The van der Waals surface area contributed by atoms with Crippen LogP contribution in [0.1, 0.15) is 18.5 Å². The van der Waals surface area contributed by atoms with Gasteiger partial charge < -0.3 is 15.3 Å². The molecule has 0 bridgehead atoms. The summed E-state index contributed by atoms with van der Waals surface area (Å²) < 4.78 is 0. The van der Waals surface area contributed by atoms with Gasteiger partial charge in [-0.3, -0.25) is 4.79 Å². The van der Waals surface area contributed by atoms with Crippen molar-refractivity contribution in [2.45, 2.75) is 19.4 Å². The van der Waals surface area contributed by atoms with Crippen LogP contribution < -0.4 is 5.32 Å². The lowest BCUT2D eigenvalue weighted by Crippen LogP contribution is -2.46. The Bertz CT molecular complexity index is 452. The number of nitrogens with one attached hydrogen (secondary N) is 1. The SMILES string of the molecule is O=C(O)[C@H]1CCCN(C(=O)NCc2cccnn2)C1. The van der Waals surface area contributed by atoms with Gasteiger partial charge in [-0.1, -0.05) is 0 Å². The summed E-state index contributed by atoms with van der Waals surface area (Å²) >= 11 is 0. The number of amides is 2. The van der Waals surface area contributed by atoms with Crippen molar-refractivity contribution in [3.05, 3.63) is 24.0 Å². The Morgan fingerprint density at radius 1 is 1.53 bits per heavy atom. The lowest BCUT2D eigenvalue weighted by atomic mass is 9.99. The van der Waals surface area contributed by atoms with E-state index in [0.29, 0.717) is 25.2 Å². The van der Waals surface area contributed by atoms with Crippen LogP contribution in [0.4, 0.5) is 4.79 Å². The topological polar surface area (TPSA) is 95.4 Å². The minimum Gasteiger partial charge on any atom is -0.481 e. The summed E-state index contributed by atoms with van der Waals surface area (Å²) in [6, 6.07) is 3.26. The van der Waals surface area contributed by atoms with Crippen molar-refractivity contribution in [1.82, 2.24) is 20.4 Å². The van der Waals surface area contributed by atoms with Crippen molar-refractivity contribution < 1.29 is 14.7 Å². The first-order valence-electron chi connectivity index (χ1n) is 6.19. The first kappa shape index (κ1) is 13.3. The first-order valence-corrected chi connectivity index (χ1v) is 6.19. The average Bonchev–Trinajstić information content (AvgIpc) is 2.46. The van der Waals surface area contributed by atoms with E-state index < -0.39 is 11.9 Å². The summed E-state index contributed by atoms with van der Waals surface area (Å²) in [4.78, 5) is 24.4. The maximum Gasteiger partial charge on any atom is 0.317 e. The van der Waals surface area contributed by atoms with Gasteiger partial charge in [0.1, 0.15) is 0 Å². The van der Waals surface area contributed by atoms with Crippen LogP contribution in [0.15, 0.2) is 18.3 Å². The van der Waals surface area contributed by atoms with E-state index >= 15 is 0 Å². The normalized spacial score (nSPS) is 18.9. The minimum absolute atomic E-state index is 0.253. The lowest BCUT2D eigenvalue weighted by molar-refractivity contribution is -0.143. The molecule has 1 saturated heterocycles. The fourth-order valence-corrected chi connectivity index (χ4v) is 2.07. The molecule has 102 valence electrons. The van der Waals surface area contributed by atoms with Crippen molar-refractivity contribution >= 4 is 12.0 Å². The second-order valence-electron chi connectivity index (χ2n) is 4.50. The molecule has 1 aliphatic heterocycles. The molecule has 1 aliphatic rings. The molecular weight excluding hydrogens is 248 g/mol. The molecule has 0 radical (unpaired) electrons. The minimum atomic E-state index is -0.841. The largest absolute Gasteiger partial charge is 0.481 e. The number of aromatic nitrogens is 2. The molecule has 0 aliphatic carbocycles. The van der Waals surface area contributed by atoms with Gasteiger partial charge in [0.05, 0.1) is 18.2 Å². The van der Waals surface area contributed by atoms with E-state index in [9.17, 15) is 9.59 Å². The number of carbonyl (C=O) groups is 2. The lowest BCUT2D eigenvalue weighted by Gasteiger charge is -2.30. The zero-order valence-electron chi connectivity index (χ0n) is 10.5. The maximum atomic E-state index is 11.9. The third kappa shape index (κ3) is 3.64. The van der Waals surface area contributed by atoms with Gasteiger partial charge in [0.15, 0.2) is 0 Å². The van der Waals surface area contributed by atoms with Gasteiger partial charge >= 0.3 is 12.0 Å². The number of urea groups is 1. The fraction of sp³-hybridized carbons (Fsp3) is 0.500. The van der Waals surface area contributed by atoms with Crippen LogP contribution in [0.5, 0.6) is 0 Å². The van der Waals surface area contributed by atoms with E-state index in [-0.39, 0.29) is 12.6 Å². The average molecular weight is 264 g/mol. The molecule has 7 nitrogen and oxygen atoms in total. The van der Waals surface area contributed by atoms with Crippen LogP contribution in [-0.2, 0) is 11.3 Å². The number of aliphatic carboxylic acids is 1. The molecule has 2 heterocycles. The predicted molar refractivity (Wildman–Crippen MR) is 66.2 cm³/mol. The summed E-state index contributed by atoms with van der Waals surface area (Å²) in [6.45, 7) is 1.15. The number of nitrogens with zero attached hydrogens (tertiary/aromatic N) is 3. The Hall–Kier alpha value is -2.18. The molecule has 1 fully saturated rings. The van der Waals surface area contributed by atoms with Crippen LogP contribution in [0, 0.1) is 5.92 Å². The molecule has 0 saturated carbocycles. The van der Waals surface area contributed by atoms with Crippen LogP contribution >= 0.6 is 0 Å². The second kappa shape index (κ2) is 6.12. The number of rotatable bonds is 3. The van der Waals surface area contributed by atoms with Gasteiger partial charge in [-0.05, 0) is 25.0 Å². The van der Waals surface area contributed by atoms with Crippen molar-refractivity contribution in [2.24, 2.45) is 5.92 Å². The van der Waals surface area contributed by atoms with Crippen molar-refractivity contribution in [1.29, 1.82) is 0 Å². The molecule has 7 heteroatoms. The van der Waals surface area contributed by atoms with Gasteiger partial charge in [-0.2, -0.15) is 10.2 Å². The zero-order valence-corrected chi connectivity index (χ0v) is 10.5. The molecular formula is C12H16N4O3. The van der Waals surface area contributed by atoms with Crippen LogP contribution in [0.25, 0.3) is 0 Å². The van der Waals surface area contributed by atoms with Gasteiger partial charge in [-0.25, -0.2) is 4.79 Å². The number of likely N-dealkylation sites (tertiary alicyclic amines) is 1. The van der Waals surface area contributed by atoms with Gasteiger partial charge in [0.2, 0.25) is 0 Å². The smallest absolute Gasteiger partial charge is 0.317 e. The van der Waals surface area contributed by atoms with Gasteiger partial charge in [0.25, 0.3) is 0 Å². The number of hydrogen-bond donors (Lipinski definition) is 2. The monoisotopic (exact) mass is 264 g/mol. The van der Waals surface area contributed by atoms with E-state index in [1.54, 1.807) is 23.2 Å². The highest BCUT2D eigenvalue weighted by atomic mass is 16.4. The van der Waals surface area contributed by atoms with Crippen LogP contribution in [-0.4, -0.2) is 45.3 Å². The molecule has 1 atom stereocenters. The van der Waals surface area contributed by atoms with Crippen molar-refractivity contribution in [3.63, 3.8) is 0 Å². The highest BCUT2D eigenvalue weighted by molar-refractivity contribution is 5.76. The number of carboxylic acid groups (broad SMARTS) is 1. The quantitative estimate of drug-likeness (QED) is 0.828. The molecule has 2 rings (SSSR count). The van der Waals surface area contributed by atoms with Crippen LogP contribution in [0.2, 0.25) is 0 Å². The van der Waals surface area contributed by atoms with E-state index in [1.807, 2.05) is 0 Å². The Labute approximate surface area is 110 Å². The molecule has 1 aromatic heterocycles. The third-order valence-electron chi connectivity index (χ3n) is 3.11. The fourth-order valence-electron chi connectivity index (χ4n) is 2.07. The van der Waals surface area contributed by atoms with Crippen molar-refractivity contribution in [3.8, 4) is 0 Å². The van der Waals surface area contributed by atoms with Gasteiger partial charge in [0, 0.05) is 19.3 Å². The van der Waals surface area contributed by atoms with Crippen LogP contribution in [0.3, 0.4) is 0 Å². The number of piperidine rings is 1. The second-order valence-corrected chi connectivity index (χ2v) is 4.50. The molecule has 0 unspecified atom stereocenters. The number of carboxylic acids is 1. The third-order valence-corrected chi connectivity index (χ3v) is 3.11. The summed E-state index contributed by atoms with van der Waals surface area (Å²) in [6.07, 6.45) is 2.91.